The molecule has 4 aromatic rings. The van der Waals surface area contributed by atoms with Gasteiger partial charge in [0.2, 0.25) is 5.76 Å². The largest absolute Gasteiger partial charge is 0.457 e. The molecule has 0 spiro atoms. The number of benzene rings is 3. The van der Waals surface area contributed by atoms with E-state index in [1.165, 1.54) is 24.3 Å². The van der Waals surface area contributed by atoms with Crippen molar-refractivity contribution in [3.63, 3.8) is 0 Å². The Balaban J connectivity index is 1.49. The molecule has 0 fully saturated rings. The molecular formula is C25H16ClF3N2O3S. The van der Waals surface area contributed by atoms with Gasteiger partial charge in [-0.25, -0.2) is 0 Å². The monoisotopic (exact) mass is 516 g/mol. The Labute approximate surface area is 208 Å². The highest BCUT2D eigenvalue weighted by Crippen LogP contribution is 2.37. The average Bonchev–Trinajstić information content (AvgIpc) is 3.27. The van der Waals surface area contributed by atoms with Crippen LogP contribution in [-0.2, 0) is 6.18 Å². The van der Waals surface area contributed by atoms with Gasteiger partial charge in [0.15, 0.2) is 5.11 Å². The van der Waals surface area contributed by atoms with Gasteiger partial charge in [-0.15, -0.1) is 0 Å². The third-order valence-corrected chi connectivity index (χ3v) is 5.12. The summed E-state index contributed by atoms with van der Waals surface area (Å²) in [5.41, 5.74) is 0.0940. The minimum atomic E-state index is -4.89. The van der Waals surface area contributed by atoms with Gasteiger partial charge in [-0.05, 0) is 66.8 Å². The molecular weight excluding hydrogens is 501 g/mol. The topological polar surface area (TPSA) is 63.5 Å². The number of hydrogen-bond acceptors (Lipinski definition) is 4. The molecule has 4 rings (SSSR count). The SMILES string of the molecule is O=C(NC(=S)Nc1cccc(Oc2ccccc2)c1)c1cc(-c2ccc(Cl)cc2)oc1C(F)(F)F. The van der Waals surface area contributed by atoms with E-state index in [-0.39, 0.29) is 10.9 Å². The standard InChI is InChI=1S/C25H16ClF3N2O3S/c26-16-11-9-15(10-12-16)21-14-20(22(34-21)25(27,28)29)23(32)31-24(35)30-17-5-4-8-19(13-17)33-18-6-2-1-3-7-18/h1-14H,(H2,30,31,32,35). The van der Waals surface area contributed by atoms with Gasteiger partial charge in [-0.1, -0.05) is 35.9 Å². The second-order valence-electron chi connectivity index (χ2n) is 7.21. The Morgan fingerprint density at radius 3 is 2.29 bits per heavy atom. The average molecular weight is 517 g/mol. The van der Waals surface area contributed by atoms with Gasteiger partial charge in [0.05, 0.1) is 5.56 Å². The minimum absolute atomic E-state index is 0.135. The molecule has 1 amide bonds. The van der Waals surface area contributed by atoms with Crippen LogP contribution in [0, 0.1) is 0 Å². The summed E-state index contributed by atoms with van der Waals surface area (Å²) in [5, 5.41) is 5.23. The number of halogens is 4. The molecule has 0 atom stereocenters. The number of thiocarbonyl (C=S) groups is 1. The van der Waals surface area contributed by atoms with E-state index >= 15 is 0 Å². The lowest BCUT2D eigenvalue weighted by molar-refractivity contribution is -0.153. The lowest BCUT2D eigenvalue weighted by Gasteiger charge is -2.12. The quantitative estimate of drug-likeness (QED) is 0.268. The predicted molar refractivity (Wildman–Crippen MR) is 131 cm³/mol. The van der Waals surface area contributed by atoms with E-state index < -0.39 is 23.4 Å². The van der Waals surface area contributed by atoms with E-state index in [0.717, 1.165) is 6.07 Å². The number of alkyl halides is 3. The molecule has 10 heteroatoms. The van der Waals surface area contributed by atoms with Crippen molar-refractivity contribution in [2.45, 2.75) is 6.18 Å². The fourth-order valence-corrected chi connectivity index (χ4v) is 3.46. The fourth-order valence-electron chi connectivity index (χ4n) is 3.12. The van der Waals surface area contributed by atoms with Crippen molar-refractivity contribution in [3.05, 3.63) is 101 Å². The molecule has 0 saturated heterocycles. The van der Waals surface area contributed by atoms with Crippen molar-refractivity contribution in [1.29, 1.82) is 0 Å². The maximum atomic E-state index is 13.6. The number of furan rings is 1. The first-order chi connectivity index (χ1) is 16.7. The van der Waals surface area contributed by atoms with Gasteiger partial charge in [-0.2, -0.15) is 13.2 Å². The van der Waals surface area contributed by atoms with Crippen molar-refractivity contribution in [2.75, 3.05) is 5.32 Å². The van der Waals surface area contributed by atoms with E-state index in [1.807, 2.05) is 18.2 Å². The van der Waals surface area contributed by atoms with E-state index in [2.05, 4.69) is 10.6 Å². The molecule has 0 aliphatic heterocycles. The van der Waals surface area contributed by atoms with E-state index in [1.54, 1.807) is 36.4 Å². The summed E-state index contributed by atoms with van der Waals surface area (Å²) in [4.78, 5) is 12.7. The van der Waals surface area contributed by atoms with Crippen LogP contribution in [0.25, 0.3) is 11.3 Å². The molecule has 2 N–H and O–H groups in total. The third-order valence-electron chi connectivity index (χ3n) is 4.66. The Kier molecular flexibility index (Phi) is 7.09. The molecule has 0 radical (unpaired) electrons. The number of nitrogens with one attached hydrogen (secondary N) is 2. The van der Waals surface area contributed by atoms with Gasteiger partial charge in [0, 0.05) is 22.3 Å². The van der Waals surface area contributed by atoms with Gasteiger partial charge in [0.25, 0.3) is 5.91 Å². The molecule has 0 aliphatic rings. The minimum Gasteiger partial charge on any atom is -0.457 e. The van der Waals surface area contributed by atoms with Crippen molar-refractivity contribution in [3.8, 4) is 22.8 Å². The highest BCUT2D eigenvalue weighted by molar-refractivity contribution is 7.80. The summed E-state index contributed by atoms with van der Waals surface area (Å²) >= 11 is 11.0. The van der Waals surface area contributed by atoms with Crippen LogP contribution in [0.2, 0.25) is 5.02 Å². The van der Waals surface area contributed by atoms with Crippen LogP contribution in [0.3, 0.4) is 0 Å². The number of rotatable bonds is 5. The van der Waals surface area contributed by atoms with E-state index in [0.29, 0.717) is 27.8 Å². The third kappa shape index (κ3) is 6.20. The van der Waals surface area contributed by atoms with E-state index in [9.17, 15) is 18.0 Å². The first-order valence-corrected chi connectivity index (χ1v) is 10.9. The Bertz CT molecular complexity index is 1360. The van der Waals surface area contributed by atoms with Gasteiger partial charge < -0.3 is 14.5 Å². The number of hydrogen-bond donors (Lipinski definition) is 2. The fraction of sp³-hybridized carbons (Fsp3) is 0.0400. The number of amides is 1. The van der Waals surface area contributed by atoms with Crippen LogP contribution >= 0.6 is 23.8 Å². The Morgan fingerprint density at radius 2 is 1.60 bits per heavy atom. The summed E-state index contributed by atoms with van der Waals surface area (Å²) in [7, 11) is 0. The maximum Gasteiger partial charge on any atom is 0.450 e. The molecule has 0 unspecified atom stereocenters. The van der Waals surface area contributed by atoms with Crippen molar-refractivity contribution in [1.82, 2.24) is 5.32 Å². The second-order valence-corrected chi connectivity index (χ2v) is 8.05. The Hall–Kier alpha value is -3.82. The molecule has 1 heterocycles. The first kappa shape index (κ1) is 24.3. The number of anilines is 1. The highest BCUT2D eigenvalue weighted by atomic mass is 35.5. The molecule has 5 nitrogen and oxygen atoms in total. The zero-order valence-electron chi connectivity index (χ0n) is 17.7. The Morgan fingerprint density at radius 1 is 0.914 bits per heavy atom. The van der Waals surface area contributed by atoms with Crippen LogP contribution in [0.15, 0.2) is 89.3 Å². The van der Waals surface area contributed by atoms with Crippen LogP contribution in [0.1, 0.15) is 16.1 Å². The van der Waals surface area contributed by atoms with Crippen LogP contribution in [-0.4, -0.2) is 11.0 Å². The number of carbonyl (C=O) groups excluding carboxylic acids is 1. The summed E-state index contributed by atoms with van der Waals surface area (Å²) in [5.74, 6) is -1.52. The van der Waals surface area contributed by atoms with Gasteiger partial charge >= 0.3 is 6.18 Å². The summed E-state index contributed by atoms with van der Waals surface area (Å²) < 4.78 is 51.4. The van der Waals surface area contributed by atoms with Crippen LogP contribution in [0.4, 0.5) is 18.9 Å². The normalized spacial score (nSPS) is 11.1. The molecule has 35 heavy (non-hydrogen) atoms. The summed E-state index contributed by atoms with van der Waals surface area (Å²) in [6, 6.07) is 22.8. The summed E-state index contributed by atoms with van der Waals surface area (Å²) in [6.45, 7) is 0. The number of ether oxygens (including phenoxy) is 1. The molecule has 1 aromatic heterocycles. The van der Waals surface area contributed by atoms with Crippen LogP contribution < -0.4 is 15.4 Å². The molecule has 178 valence electrons. The second kappa shape index (κ2) is 10.2. The first-order valence-electron chi connectivity index (χ1n) is 10.1. The van der Waals surface area contributed by atoms with Crippen molar-refractivity contribution >= 4 is 40.5 Å². The van der Waals surface area contributed by atoms with E-state index in [4.69, 9.17) is 33.0 Å². The molecule has 0 aliphatic carbocycles. The van der Waals surface area contributed by atoms with Gasteiger partial charge in [-0.3, -0.25) is 10.1 Å². The summed E-state index contributed by atoms with van der Waals surface area (Å²) in [6.07, 6.45) is -4.89. The lowest BCUT2D eigenvalue weighted by Crippen LogP contribution is -2.34. The highest BCUT2D eigenvalue weighted by Gasteiger charge is 2.40. The van der Waals surface area contributed by atoms with Crippen molar-refractivity contribution < 1.29 is 27.1 Å². The zero-order valence-corrected chi connectivity index (χ0v) is 19.3. The number of para-hydroxylation sites is 1. The zero-order chi connectivity index (χ0) is 25.0. The van der Waals surface area contributed by atoms with Crippen LogP contribution in [0.5, 0.6) is 11.5 Å². The molecule has 0 bridgehead atoms. The van der Waals surface area contributed by atoms with Gasteiger partial charge in [0.1, 0.15) is 17.3 Å². The number of carbonyl (C=O) groups is 1. The molecule has 0 saturated carbocycles. The van der Waals surface area contributed by atoms with Crippen molar-refractivity contribution in [2.24, 2.45) is 0 Å². The smallest absolute Gasteiger partial charge is 0.450 e. The molecule has 3 aromatic carbocycles. The predicted octanol–water partition coefficient (Wildman–Crippen LogP) is 7.54. The lowest BCUT2D eigenvalue weighted by atomic mass is 10.1. The maximum absolute atomic E-state index is 13.6.